The Kier molecular flexibility index (Phi) is 2210. The fourth-order valence-corrected chi connectivity index (χ4v) is 0.0379. The van der Waals surface area contributed by atoms with Crippen LogP contribution in [0.3, 0.4) is 0 Å². The Hall–Kier alpha value is 15.0. The molecule has 0 saturated heterocycles. The van der Waals surface area contributed by atoms with E-state index >= 15 is 0 Å². The monoisotopic (exact) mass is 898 g/mol. The summed E-state index contributed by atoms with van der Waals surface area (Å²) in [4.78, 5) is 0. The third kappa shape index (κ3) is 445. The molecular weight excluding hydrogens is 834 g/mol. The number of rotatable bonds is 3. The van der Waals surface area contributed by atoms with Gasteiger partial charge in [-0.3, -0.25) is 5.22 Å². The molecule has 0 unspecified atom stereocenters. The fraction of sp³-hybridized carbons (Fsp3) is 1.00. The molecule has 214 valence electrons. The first-order valence-corrected chi connectivity index (χ1v) is 2.27. The summed E-state index contributed by atoms with van der Waals surface area (Å²) >= 11 is 0. The first kappa shape index (κ1) is 265. The van der Waals surface area contributed by atoms with E-state index in [4.69, 9.17) is 44.9 Å². The van der Waals surface area contributed by atoms with Gasteiger partial charge in [0.2, 0.25) is 0 Å². The van der Waals surface area contributed by atoms with E-state index in [2.05, 4.69) is 21.2 Å². The maximum atomic E-state index is 7.42. The molecule has 0 fully saturated rings. The van der Waals surface area contributed by atoms with Crippen LogP contribution >= 0.6 is 0 Å². The van der Waals surface area contributed by atoms with E-state index in [1.54, 1.807) is 5.22 Å². The molecule has 0 aromatic heterocycles. The van der Waals surface area contributed by atoms with Crippen LogP contribution in [0.15, 0.2) is 31.3 Å². The van der Waals surface area contributed by atoms with Gasteiger partial charge in [-0.05, 0) is 0 Å². The van der Waals surface area contributed by atoms with Gasteiger partial charge in [0.25, 0.3) is 0 Å². The van der Waals surface area contributed by atoms with Crippen LogP contribution in [0.5, 0.6) is 0 Å². The van der Waals surface area contributed by atoms with Crippen LogP contribution in [0.2, 0.25) is 0 Å². The van der Waals surface area contributed by atoms with Gasteiger partial charge in [0, 0.05) is 0 Å². The number of nitrogens with zero attached hydrogens (tertiary/aromatic N) is 12. The van der Waals surface area contributed by atoms with E-state index in [1.165, 1.54) is 0 Å². The third-order valence-corrected chi connectivity index (χ3v) is 0.165. The summed E-state index contributed by atoms with van der Waals surface area (Å²) in [6.45, 7) is 0. The summed E-state index contributed by atoms with van der Waals surface area (Å²) in [6, 6.07) is 0. The van der Waals surface area contributed by atoms with Crippen molar-refractivity contribution in [2.24, 2.45) is 31.3 Å². The molecule has 0 aromatic carbocycles. The quantitative estimate of drug-likeness (QED) is 0.157. The number of hydrogen-bond acceptors (Lipinski definition) is 5. The molecule has 0 spiro atoms. The van der Waals surface area contributed by atoms with Crippen molar-refractivity contribution in [1.82, 2.24) is 0 Å². The maximum Gasteiger partial charge on any atom is 1.00 e. The van der Waals surface area contributed by atoms with Crippen LogP contribution in [0.1, 0.15) is 111 Å². The Labute approximate surface area is 738 Å². The number of nitrogens with two attached hydrogens (primary N) is 1. The molecule has 0 bridgehead atoms. The molecule has 0 aromatic rings. The SMILES string of the molecule is C.C.C.C.C.C.C.C.C.C.C.C.C.C.C.[K+].[K+].[K+].[K+].[K+].[K+].[K+].[K+].[K+].[K+].[K+].[N-]=N.[N-]=NN=[N-].[N-]=N[N-]/N=N/[NH-].[N-]=N[NH-].[NH2-]. The minimum Gasteiger partial charge on any atom is -0.729 e. The zero-order chi connectivity index (χ0) is 12.9. The Morgan fingerprint density at radius 2 is 0.524 bits per heavy atom. The molecule has 42 heavy (non-hydrogen) atoms. The molecule has 0 aliphatic heterocycles. The second-order valence-electron chi connectivity index (χ2n) is 0.647. The summed E-state index contributed by atoms with van der Waals surface area (Å²) in [5.74, 6) is 11.3. The minimum absolute atomic E-state index is 0. The molecule has 0 aliphatic rings. The van der Waals surface area contributed by atoms with Gasteiger partial charge in [-0.2, -0.15) is 0 Å². The van der Waals surface area contributed by atoms with Gasteiger partial charge in [0.1, 0.15) is 0 Å². The zero-order valence-electron chi connectivity index (χ0n) is 18.4. The summed E-state index contributed by atoms with van der Waals surface area (Å²) in [7, 11) is 0. The van der Waals surface area contributed by atoms with Crippen molar-refractivity contribution in [3.63, 3.8) is 0 Å². The van der Waals surface area contributed by atoms with Crippen molar-refractivity contribution < 1.29 is 565 Å². The Bertz CT molecular complexity index is 209. The average Bonchev–Trinajstić information content (AvgIpc) is 2.30. The second kappa shape index (κ2) is 351. The van der Waals surface area contributed by atoms with Crippen molar-refractivity contribution in [1.29, 1.82) is 5.53 Å². The van der Waals surface area contributed by atoms with Crippen LogP contribution in [0, 0.1) is 5.53 Å². The molecule has 0 saturated carbocycles. The standard InChI is InChI=1S/15CH4.11K.HN6.N4.HN3.HN2.H2N/c;;;;;;;;;;;;;;;;;;;;;;;;;;1-3-5-6-4-2;1-3-4-2;1-3-2;1-2;/h15*1H4;;;;;;;;;;;;(H-3,1,2,3,4,5,6);;(H-2,1,2);1H;1H2/q;;;;;;;;;;;;;;;11*+1;-3;2*-2;2*-1. The van der Waals surface area contributed by atoms with Crippen LogP contribution in [-0.2, 0) is 0 Å². The topological polar surface area (TPSA) is 305 Å². The van der Waals surface area contributed by atoms with E-state index in [0.717, 1.165) is 0 Å². The molecule has 16 nitrogen and oxygen atoms in total. The van der Waals surface area contributed by atoms with Crippen LogP contribution in [0.4, 0.5) is 0 Å². The van der Waals surface area contributed by atoms with E-state index < -0.39 is 0 Å². The first-order valence-electron chi connectivity index (χ1n) is 2.27. The minimum atomic E-state index is 0. The van der Waals surface area contributed by atoms with Crippen molar-refractivity contribution >= 4 is 0 Å². The van der Waals surface area contributed by atoms with Gasteiger partial charge in [0.05, 0.1) is 0 Å². The Morgan fingerprint density at radius 3 is 0.548 bits per heavy atom. The average molecular weight is 900 g/mol. The van der Waals surface area contributed by atoms with Crippen LogP contribution < -0.4 is 565 Å². The van der Waals surface area contributed by atoms with E-state index in [-0.39, 0.29) is 683 Å². The van der Waals surface area contributed by atoms with Gasteiger partial charge in [-0.25, -0.2) is 0 Å². The summed E-state index contributed by atoms with van der Waals surface area (Å²) in [5.41, 5.74) is 42.0. The van der Waals surface area contributed by atoms with Crippen molar-refractivity contribution in [2.45, 2.75) is 111 Å². The number of nitrogens with one attached hydrogen (secondary N) is 3. The fourth-order valence-electron chi connectivity index (χ4n) is 0.0379. The smallest absolute Gasteiger partial charge is 0.729 e. The van der Waals surface area contributed by atoms with Gasteiger partial charge in [0.15, 0.2) is 0 Å². The zero-order valence-corrected chi connectivity index (χ0v) is 52.8. The van der Waals surface area contributed by atoms with Crippen LogP contribution in [-0.4, -0.2) is 0 Å². The molecular formula is C15H65K11N16+2. The second-order valence-corrected chi connectivity index (χ2v) is 0.647. The largest absolute Gasteiger partial charge is 1.00 e. The van der Waals surface area contributed by atoms with Gasteiger partial charge in [-0.15, -0.1) is 0 Å². The molecule has 0 heterocycles. The normalized spacial score (nSPS) is 2.10. The molecule has 0 radical (unpaired) electrons. The molecule has 27 heteroatoms. The third-order valence-electron chi connectivity index (χ3n) is 0.165. The molecule has 0 atom stereocenters. The van der Waals surface area contributed by atoms with Crippen molar-refractivity contribution in [2.75, 3.05) is 0 Å². The van der Waals surface area contributed by atoms with Gasteiger partial charge >= 0.3 is 565 Å². The van der Waals surface area contributed by atoms with Gasteiger partial charge in [-0.1, -0.05) is 111 Å². The molecule has 0 aliphatic carbocycles. The van der Waals surface area contributed by atoms with E-state index in [9.17, 15) is 0 Å². The van der Waals surface area contributed by atoms with E-state index in [1.807, 2.05) is 10.4 Å². The van der Waals surface area contributed by atoms with Crippen LogP contribution in [0.25, 0.3) is 51.0 Å². The first-order chi connectivity index (χ1) is 7.24. The molecule has 0 rings (SSSR count). The molecule has 0 amide bonds. The van der Waals surface area contributed by atoms with E-state index in [0.29, 0.717) is 0 Å². The Morgan fingerprint density at radius 1 is 0.405 bits per heavy atom. The summed E-state index contributed by atoms with van der Waals surface area (Å²) in [5, 5.41) is 12.7. The maximum absolute atomic E-state index is 7.42. The summed E-state index contributed by atoms with van der Waals surface area (Å²) in [6.07, 6.45) is 0. The predicted octanol–water partition coefficient (Wildman–Crippen LogP) is -18.6. The van der Waals surface area contributed by atoms with Gasteiger partial charge < -0.3 is 82.7 Å². The molecule has 5 N–H and O–H groups in total. The predicted molar refractivity (Wildman–Crippen MR) is 152 cm³/mol. The summed E-state index contributed by atoms with van der Waals surface area (Å²) < 4.78 is 0. The Balaban J connectivity index is -0.00000000112. The van der Waals surface area contributed by atoms with Crippen molar-refractivity contribution in [3.05, 3.63) is 51.0 Å². The number of hydrogen-bond donors (Lipinski definition) is 1. The van der Waals surface area contributed by atoms with Crippen molar-refractivity contribution in [3.8, 4) is 0 Å².